The number of para-hydroxylation sites is 1. The van der Waals surface area contributed by atoms with Crippen LogP contribution in [-0.2, 0) is 17.7 Å². The third-order valence-corrected chi connectivity index (χ3v) is 4.74. The Hall–Kier alpha value is -2.60. The summed E-state index contributed by atoms with van der Waals surface area (Å²) in [5, 5.41) is 3.05. The second-order valence-electron chi connectivity index (χ2n) is 6.27. The van der Waals surface area contributed by atoms with Gasteiger partial charge in [0.15, 0.2) is 0 Å². The minimum atomic E-state index is -0.0540. The van der Waals surface area contributed by atoms with E-state index in [9.17, 15) is 4.79 Å². The zero-order chi connectivity index (χ0) is 17.1. The maximum absolute atomic E-state index is 12.6. The van der Waals surface area contributed by atoms with E-state index >= 15 is 0 Å². The van der Waals surface area contributed by atoms with E-state index in [1.165, 1.54) is 5.56 Å². The molecule has 25 heavy (non-hydrogen) atoms. The number of nitrogens with one attached hydrogen (secondary N) is 1. The van der Waals surface area contributed by atoms with E-state index in [0.717, 1.165) is 43.1 Å². The highest BCUT2D eigenvalue weighted by Crippen LogP contribution is 2.27. The van der Waals surface area contributed by atoms with Crippen LogP contribution in [0.1, 0.15) is 11.1 Å². The molecule has 1 aromatic heterocycles. The molecule has 0 atom stereocenters. The zero-order valence-corrected chi connectivity index (χ0v) is 14.1. The molecule has 2 aliphatic heterocycles. The van der Waals surface area contributed by atoms with Gasteiger partial charge in [0.25, 0.3) is 0 Å². The van der Waals surface area contributed by atoms with Crippen molar-refractivity contribution in [2.75, 3.05) is 42.6 Å². The van der Waals surface area contributed by atoms with E-state index in [1.54, 1.807) is 6.20 Å². The molecule has 2 aliphatic rings. The Kier molecular flexibility index (Phi) is 4.52. The highest BCUT2D eigenvalue weighted by Gasteiger charge is 2.24. The number of carbonyl (C=O) groups is 1. The van der Waals surface area contributed by atoms with Gasteiger partial charge in [-0.25, -0.2) is 9.78 Å². The van der Waals surface area contributed by atoms with Crippen molar-refractivity contribution in [3.63, 3.8) is 0 Å². The van der Waals surface area contributed by atoms with Gasteiger partial charge in [-0.1, -0.05) is 24.3 Å². The Bertz CT molecular complexity index is 759. The van der Waals surface area contributed by atoms with Crippen LogP contribution in [0.2, 0.25) is 0 Å². The zero-order valence-electron chi connectivity index (χ0n) is 14.1. The Morgan fingerprint density at radius 3 is 2.84 bits per heavy atom. The van der Waals surface area contributed by atoms with Gasteiger partial charge in [-0.05, 0) is 24.1 Å². The van der Waals surface area contributed by atoms with Gasteiger partial charge in [0.2, 0.25) is 0 Å². The van der Waals surface area contributed by atoms with Gasteiger partial charge >= 0.3 is 6.03 Å². The highest BCUT2D eigenvalue weighted by molar-refractivity contribution is 5.94. The first-order valence-electron chi connectivity index (χ1n) is 8.73. The molecule has 1 N–H and O–H groups in total. The van der Waals surface area contributed by atoms with Gasteiger partial charge in [-0.3, -0.25) is 4.90 Å². The van der Waals surface area contributed by atoms with Crippen LogP contribution in [0.15, 0.2) is 42.6 Å². The minimum Gasteiger partial charge on any atom is -0.378 e. The van der Waals surface area contributed by atoms with Gasteiger partial charge in [-0.2, -0.15) is 0 Å². The lowest BCUT2D eigenvalue weighted by Gasteiger charge is -2.29. The van der Waals surface area contributed by atoms with Crippen LogP contribution < -0.4 is 15.1 Å². The Morgan fingerprint density at radius 2 is 1.96 bits per heavy atom. The number of hydrogen-bond acceptors (Lipinski definition) is 4. The molecule has 0 unspecified atom stereocenters. The second kappa shape index (κ2) is 7.11. The first-order valence-corrected chi connectivity index (χ1v) is 8.73. The summed E-state index contributed by atoms with van der Waals surface area (Å²) in [7, 11) is 0. The summed E-state index contributed by atoms with van der Waals surface area (Å²) in [6.45, 7) is 4.29. The summed E-state index contributed by atoms with van der Waals surface area (Å²) in [5.74, 6) is 0.938. The molecular weight excluding hydrogens is 316 g/mol. The Balaban J connectivity index is 1.44. The Morgan fingerprint density at radius 1 is 1.12 bits per heavy atom. The first-order chi connectivity index (χ1) is 12.3. The van der Waals surface area contributed by atoms with Crippen molar-refractivity contribution in [1.29, 1.82) is 0 Å². The summed E-state index contributed by atoms with van der Waals surface area (Å²) in [6.07, 6.45) is 2.71. The van der Waals surface area contributed by atoms with E-state index < -0.39 is 0 Å². The number of morpholine rings is 1. The van der Waals surface area contributed by atoms with Gasteiger partial charge in [-0.15, -0.1) is 0 Å². The highest BCUT2D eigenvalue weighted by atomic mass is 16.5. The lowest BCUT2D eigenvalue weighted by Crippen LogP contribution is -2.40. The number of amides is 2. The molecule has 0 radical (unpaired) electrons. The molecule has 2 amide bonds. The van der Waals surface area contributed by atoms with Crippen LogP contribution in [0.25, 0.3) is 0 Å². The standard InChI is InChI=1S/C19H22N4O2/c24-19(23-9-7-15-4-1-2-6-17(15)23)21-14-16-5-3-8-20-18(16)22-10-12-25-13-11-22/h1-6,8H,7,9-14H2,(H,21,24). The summed E-state index contributed by atoms with van der Waals surface area (Å²) in [6, 6.07) is 12.0. The summed E-state index contributed by atoms with van der Waals surface area (Å²) < 4.78 is 5.41. The van der Waals surface area contributed by atoms with E-state index in [2.05, 4.69) is 21.3 Å². The number of carbonyl (C=O) groups excluding carboxylic acids is 1. The van der Waals surface area contributed by atoms with Crippen molar-refractivity contribution in [2.24, 2.45) is 0 Å². The van der Waals surface area contributed by atoms with Crippen molar-refractivity contribution >= 4 is 17.5 Å². The van der Waals surface area contributed by atoms with Crippen LogP contribution in [0.5, 0.6) is 0 Å². The molecule has 0 saturated carbocycles. The molecule has 130 valence electrons. The second-order valence-corrected chi connectivity index (χ2v) is 6.27. The number of fused-ring (bicyclic) bond motifs is 1. The molecule has 1 aromatic carbocycles. The fourth-order valence-corrected chi connectivity index (χ4v) is 3.44. The van der Waals surface area contributed by atoms with Crippen LogP contribution in [0, 0.1) is 0 Å². The summed E-state index contributed by atoms with van der Waals surface area (Å²) in [5.41, 5.74) is 3.28. The molecule has 6 heteroatoms. The maximum atomic E-state index is 12.6. The first kappa shape index (κ1) is 15.9. The van der Waals surface area contributed by atoms with Crippen molar-refractivity contribution in [1.82, 2.24) is 10.3 Å². The van der Waals surface area contributed by atoms with Gasteiger partial charge in [0.05, 0.1) is 13.2 Å². The van der Waals surface area contributed by atoms with Crippen molar-refractivity contribution in [2.45, 2.75) is 13.0 Å². The fourth-order valence-electron chi connectivity index (χ4n) is 3.44. The number of ether oxygens (including phenoxy) is 1. The number of aromatic nitrogens is 1. The number of anilines is 2. The molecule has 0 spiro atoms. The number of rotatable bonds is 3. The lowest BCUT2D eigenvalue weighted by molar-refractivity contribution is 0.122. The average Bonchev–Trinajstić information content (AvgIpc) is 3.11. The van der Waals surface area contributed by atoms with Crippen molar-refractivity contribution in [3.8, 4) is 0 Å². The van der Waals surface area contributed by atoms with E-state index in [0.29, 0.717) is 19.8 Å². The number of nitrogens with zero attached hydrogens (tertiary/aromatic N) is 3. The van der Waals surface area contributed by atoms with Gasteiger partial charge < -0.3 is 15.0 Å². The normalized spacial score (nSPS) is 16.6. The molecule has 4 rings (SSSR count). The molecule has 0 bridgehead atoms. The molecule has 6 nitrogen and oxygen atoms in total. The van der Waals surface area contributed by atoms with Crippen molar-refractivity contribution < 1.29 is 9.53 Å². The summed E-state index contributed by atoms with van der Waals surface area (Å²) >= 11 is 0. The van der Waals surface area contributed by atoms with Gasteiger partial charge in [0, 0.05) is 43.6 Å². The van der Waals surface area contributed by atoms with Crippen LogP contribution in [0.3, 0.4) is 0 Å². The third kappa shape index (κ3) is 3.30. The molecule has 0 aliphatic carbocycles. The number of pyridine rings is 1. The SMILES string of the molecule is O=C(NCc1cccnc1N1CCOCC1)N1CCc2ccccc21. The molecule has 3 heterocycles. The third-order valence-electron chi connectivity index (χ3n) is 4.74. The average molecular weight is 338 g/mol. The Labute approximate surface area is 147 Å². The molecular formula is C19H22N4O2. The molecule has 1 saturated heterocycles. The predicted molar refractivity (Wildman–Crippen MR) is 97.0 cm³/mol. The molecule has 1 fully saturated rings. The minimum absolute atomic E-state index is 0.0540. The van der Waals surface area contributed by atoms with E-state index in [1.807, 2.05) is 35.2 Å². The fraction of sp³-hybridized carbons (Fsp3) is 0.368. The van der Waals surface area contributed by atoms with E-state index in [4.69, 9.17) is 4.74 Å². The van der Waals surface area contributed by atoms with Crippen LogP contribution >= 0.6 is 0 Å². The monoisotopic (exact) mass is 338 g/mol. The summed E-state index contributed by atoms with van der Waals surface area (Å²) in [4.78, 5) is 21.2. The number of hydrogen-bond donors (Lipinski definition) is 1. The number of benzene rings is 1. The lowest BCUT2D eigenvalue weighted by atomic mass is 10.2. The predicted octanol–water partition coefficient (Wildman–Crippen LogP) is 2.19. The molecule has 2 aromatic rings. The van der Waals surface area contributed by atoms with Crippen molar-refractivity contribution in [3.05, 3.63) is 53.7 Å². The van der Waals surface area contributed by atoms with Crippen LogP contribution in [0.4, 0.5) is 16.3 Å². The van der Waals surface area contributed by atoms with E-state index in [-0.39, 0.29) is 6.03 Å². The smallest absolute Gasteiger partial charge is 0.322 e. The van der Waals surface area contributed by atoms with Crippen LogP contribution in [-0.4, -0.2) is 43.9 Å². The number of urea groups is 1. The topological polar surface area (TPSA) is 57.7 Å². The largest absolute Gasteiger partial charge is 0.378 e. The maximum Gasteiger partial charge on any atom is 0.322 e. The van der Waals surface area contributed by atoms with Gasteiger partial charge in [0.1, 0.15) is 5.82 Å². The quantitative estimate of drug-likeness (QED) is 0.932.